The predicted octanol–water partition coefficient (Wildman–Crippen LogP) is 1.73. The first-order valence-corrected chi connectivity index (χ1v) is 10.3. The summed E-state index contributed by atoms with van der Waals surface area (Å²) in [4.78, 5) is 34.2. The number of benzene rings is 1. The number of hydrogen-bond donors (Lipinski definition) is 1. The Morgan fingerprint density at radius 2 is 1.78 bits per heavy atom. The number of anilines is 2. The summed E-state index contributed by atoms with van der Waals surface area (Å²) < 4.78 is 5.19. The average molecular weight is 435 g/mol. The van der Waals surface area contributed by atoms with Gasteiger partial charge in [-0.15, -0.1) is 10.2 Å². The molecule has 0 radical (unpaired) electrons. The van der Waals surface area contributed by atoms with Gasteiger partial charge in [0, 0.05) is 40.2 Å². The number of methoxy groups -OCH3 is 1. The lowest BCUT2D eigenvalue weighted by atomic mass is 10.3. The molecule has 0 bridgehead atoms. The molecule has 0 spiro atoms. The highest BCUT2D eigenvalue weighted by atomic mass is 16.5. The minimum atomic E-state index is -0.385. The normalized spacial score (nSPS) is 13.8. The summed E-state index contributed by atoms with van der Waals surface area (Å²) in [5.74, 6) is 0.512. The van der Waals surface area contributed by atoms with E-state index in [-0.39, 0.29) is 24.1 Å². The number of amides is 2. The maximum absolute atomic E-state index is 12.9. The third-order valence-corrected chi connectivity index (χ3v) is 5.22. The molecule has 1 saturated heterocycles. The molecule has 2 amide bonds. The van der Waals surface area contributed by atoms with Crippen LogP contribution in [0.25, 0.3) is 5.69 Å². The molecular formula is C22H25N7O3. The number of aromatic nitrogens is 4. The second-order valence-electron chi connectivity index (χ2n) is 7.41. The topological polar surface area (TPSA) is 105 Å². The quantitative estimate of drug-likeness (QED) is 0.629. The van der Waals surface area contributed by atoms with Gasteiger partial charge in [-0.1, -0.05) is 18.2 Å². The van der Waals surface area contributed by atoms with Crippen LogP contribution in [0.15, 0.2) is 48.7 Å². The van der Waals surface area contributed by atoms with Gasteiger partial charge in [0.1, 0.15) is 11.5 Å². The fourth-order valence-corrected chi connectivity index (χ4v) is 3.51. The van der Waals surface area contributed by atoms with Crippen molar-refractivity contribution in [3.05, 3.63) is 60.0 Å². The van der Waals surface area contributed by atoms with E-state index in [4.69, 9.17) is 4.74 Å². The van der Waals surface area contributed by atoms with Crippen molar-refractivity contribution in [1.82, 2.24) is 24.9 Å². The minimum Gasteiger partial charge on any atom is -0.378 e. The molecule has 3 heterocycles. The summed E-state index contributed by atoms with van der Waals surface area (Å²) in [5.41, 5.74) is 1.94. The third kappa shape index (κ3) is 4.75. The van der Waals surface area contributed by atoms with Gasteiger partial charge in [-0.3, -0.25) is 9.59 Å². The molecule has 3 aromatic rings. The lowest BCUT2D eigenvalue weighted by Crippen LogP contribution is -2.48. The van der Waals surface area contributed by atoms with Gasteiger partial charge in [-0.05, 0) is 24.3 Å². The van der Waals surface area contributed by atoms with E-state index < -0.39 is 0 Å². The van der Waals surface area contributed by atoms with Crippen molar-refractivity contribution in [2.75, 3.05) is 43.5 Å². The Hall–Kier alpha value is -3.79. The van der Waals surface area contributed by atoms with Crippen LogP contribution in [0, 0.1) is 0 Å². The fraction of sp³-hybridized carbons (Fsp3) is 0.318. The van der Waals surface area contributed by atoms with Crippen molar-refractivity contribution in [3.63, 3.8) is 0 Å². The first kappa shape index (κ1) is 21.4. The minimum absolute atomic E-state index is 0.0905. The molecule has 0 aliphatic carbocycles. The Balaban J connectivity index is 1.45. The maximum Gasteiger partial charge on any atom is 0.278 e. The second-order valence-corrected chi connectivity index (χ2v) is 7.41. The monoisotopic (exact) mass is 435 g/mol. The number of ether oxygens (including phenoxy) is 1. The highest BCUT2D eigenvalue weighted by Crippen LogP contribution is 2.18. The van der Waals surface area contributed by atoms with Crippen molar-refractivity contribution in [1.29, 1.82) is 0 Å². The number of para-hydroxylation sites is 1. The molecule has 166 valence electrons. The SMILES string of the molecule is COCc1nn(-c2ccccc2)nc1C(=O)Nc1ccc(N2CCN(C(C)=O)CC2)nc1. The maximum atomic E-state index is 12.9. The molecule has 2 aromatic heterocycles. The number of nitrogens with zero attached hydrogens (tertiary/aromatic N) is 6. The Kier molecular flexibility index (Phi) is 6.41. The molecule has 4 rings (SSSR count). The van der Waals surface area contributed by atoms with Crippen LogP contribution in [-0.2, 0) is 16.1 Å². The van der Waals surface area contributed by atoms with E-state index in [0.717, 1.165) is 24.6 Å². The Morgan fingerprint density at radius 3 is 2.41 bits per heavy atom. The summed E-state index contributed by atoms with van der Waals surface area (Å²) in [6, 6.07) is 13.0. The van der Waals surface area contributed by atoms with Crippen molar-refractivity contribution in [2.45, 2.75) is 13.5 Å². The van der Waals surface area contributed by atoms with E-state index in [2.05, 4.69) is 25.4 Å². The first-order valence-electron chi connectivity index (χ1n) is 10.3. The number of rotatable bonds is 6. The van der Waals surface area contributed by atoms with Gasteiger partial charge < -0.3 is 19.9 Å². The van der Waals surface area contributed by atoms with E-state index >= 15 is 0 Å². The lowest BCUT2D eigenvalue weighted by molar-refractivity contribution is -0.129. The molecule has 32 heavy (non-hydrogen) atoms. The van der Waals surface area contributed by atoms with Crippen LogP contribution in [-0.4, -0.2) is 70.0 Å². The lowest BCUT2D eigenvalue weighted by Gasteiger charge is -2.34. The zero-order valence-corrected chi connectivity index (χ0v) is 18.1. The van der Waals surface area contributed by atoms with Crippen LogP contribution in [0.1, 0.15) is 23.1 Å². The van der Waals surface area contributed by atoms with Crippen molar-refractivity contribution in [3.8, 4) is 5.69 Å². The average Bonchev–Trinajstić information content (AvgIpc) is 3.25. The molecule has 0 atom stereocenters. The van der Waals surface area contributed by atoms with Gasteiger partial charge in [-0.25, -0.2) is 4.98 Å². The zero-order chi connectivity index (χ0) is 22.5. The Bertz CT molecular complexity index is 1070. The van der Waals surface area contributed by atoms with Crippen LogP contribution < -0.4 is 10.2 Å². The van der Waals surface area contributed by atoms with Crippen LogP contribution in [0.4, 0.5) is 11.5 Å². The van der Waals surface area contributed by atoms with Gasteiger partial charge in [0.2, 0.25) is 5.91 Å². The molecule has 0 unspecified atom stereocenters. The second kappa shape index (κ2) is 9.56. The van der Waals surface area contributed by atoms with Gasteiger partial charge >= 0.3 is 0 Å². The van der Waals surface area contributed by atoms with Crippen LogP contribution >= 0.6 is 0 Å². The number of carbonyl (C=O) groups is 2. The van der Waals surface area contributed by atoms with E-state index in [9.17, 15) is 9.59 Å². The van der Waals surface area contributed by atoms with Gasteiger partial charge in [0.15, 0.2) is 5.69 Å². The van der Waals surface area contributed by atoms with Crippen LogP contribution in [0.5, 0.6) is 0 Å². The highest BCUT2D eigenvalue weighted by molar-refractivity contribution is 6.03. The van der Waals surface area contributed by atoms with E-state index in [0.29, 0.717) is 24.5 Å². The Labute approximate surface area is 185 Å². The van der Waals surface area contributed by atoms with E-state index in [1.165, 1.54) is 4.80 Å². The molecule has 1 aromatic carbocycles. The summed E-state index contributed by atoms with van der Waals surface area (Å²) >= 11 is 0. The predicted molar refractivity (Wildman–Crippen MR) is 119 cm³/mol. The number of hydrogen-bond acceptors (Lipinski definition) is 7. The molecule has 10 nitrogen and oxygen atoms in total. The summed E-state index contributed by atoms with van der Waals surface area (Å²) in [6.45, 7) is 4.55. The number of piperazine rings is 1. The summed E-state index contributed by atoms with van der Waals surface area (Å²) in [5, 5.41) is 11.6. The van der Waals surface area contributed by atoms with Gasteiger partial charge in [-0.2, -0.15) is 4.80 Å². The fourth-order valence-electron chi connectivity index (χ4n) is 3.51. The molecule has 1 fully saturated rings. The van der Waals surface area contributed by atoms with Gasteiger partial charge in [0.05, 0.1) is 24.2 Å². The number of carbonyl (C=O) groups excluding carboxylic acids is 2. The molecule has 1 N–H and O–H groups in total. The van der Waals surface area contributed by atoms with Crippen LogP contribution in [0.2, 0.25) is 0 Å². The molecular weight excluding hydrogens is 410 g/mol. The molecule has 0 saturated carbocycles. The summed E-state index contributed by atoms with van der Waals surface area (Å²) in [7, 11) is 1.54. The zero-order valence-electron chi connectivity index (χ0n) is 18.1. The van der Waals surface area contributed by atoms with Crippen molar-refractivity contribution in [2.24, 2.45) is 0 Å². The van der Waals surface area contributed by atoms with E-state index in [1.807, 2.05) is 41.3 Å². The molecule has 1 aliphatic heterocycles. The number of pyridine rings is 1. The molecule has 10 heteroatoms. The Morgan fingerprint density at radius 1 is 1.03 bits per heavy atom. The highest BCUT2D eigenvalue weighted by Gasteiger charge is 2.21. The standard InChI is InChI=1S/C22H25N7O3/c1-16(30)27-10-12-28(13-11-27)20-9-8-17(14-23-20)24-22(31)21-19(15-32-2)25-29(26-21)18-6-4-3-5-7-18/h3-9,14H,10-13,15H2,1-2H3,(H,24,31). The van der Waals surface area contributed by atoms with Crippen LogP contribution in [0.3, 0.4) is 0 Å². The smallest absolute Gasteiger partial charge is 0.278 e. The van der Waals surface area contributed by atoms with E-state index in [1.54, 1.807) is 26.3 Å². The summed E-state index contributed by atoms with van der Waals surface area (Å²) in [6.07, 6.45) is 1.61. The molecule has 1 aliphatic rings. The van der Waals surface area contributed by atoms with Gasteiger partial charge in [0.25, 0.3) is 5.91 Å². The van der Waals surface area contributed by atoms with Crippen molar-refractivity contribution < 1.29 is 14.3 Å². The van der Waals surface area contributed by atoms with Crippen molar-refractivity contribution >= 4 is 23.3 Å². The third-order valence-electron chi connectivity index (χ3n) is 5.22. The number of nitrogens with one attached hydrogen (secondary N) is 1. The first-order chi connectivity index (χ1) is 15.5. The largest absolute Gasteiger partial charge is 0.378 e.